The van der Waals surface area contributed by atoms with Gasteiger partial charge in [0.1, 0.15) is 11.5 Å². The lowest BCUT2D eigenvalue weighted by Gasteiger charge is -2.07. The highest BCUT2D eigenvalue weighted by Crippen LogP contribution is 2.33. The van der Waals surface area contributed by atoms with Crippen molar-refractivity contribution >= 4 is 22.4 Å². The average Bonchev–Trinajstić information content (AvgIpc) is 3.47. The molecule has 32 heavy (non-hydrogen) atoms. The summed E-state index contributed by atoms with van der Waals surface area (Å²) in [6, 6.07) is 13.3. The van der Waals surface area contributed by atoms with E-state index < -0.39 is 0 Å². The third-order valence-corrected chi connectivity index (χ3v) is 5.52. The minimum absolute atomic E-state index is 0.175. The molecule has 4 rings (SSSR count). The molecule has 0 aliphatic carbocycles. The summed E-state index contributed by atoms with van der Waals surface area (Å²) in [5, 5.41) is 9.23. The van der Waals surface area contributed by atoms with Crippen molar-refractivity contribution in [1.82, 2.24) is 15.1 Å². The van der Waals surface area contributed by atoms with Crippen molar-refractivity contribution in [3.8, 4) is 34.1 Å². The van der Waals surface area contributed by atoms with Crippen molar-refractivity contribution < 1.29 is 18.8 Å². The molecule has 0 saturated heterocycles. The lowest BCUT2D eigenvalue weighted by molar-refractivity contribution is -0.116. The first-order chi connectivity index (χ1) is 15.6. The zero-order valence-corrected chi connectivity index (χ0v) is 18.7. The van der Waals surface area contributed by atoms with Crippen LogP contribution in [0.15, 0.2) is 52.4 Å². The van der Waals surface area contributed by atoms with Crippen molar-refractivity contribution in [2.24, 2.45) is 0 Å². The normalized spacial score (nSPS) is 10.7. The predicted molar refractivity (Wildman–Crippen MR) is 122 cm³/mol. The molecule has 1 N–H and O–H groups in total. The van der Waals surface area contributed by atoms with Crippen LogP contribution in [0.5, 0.6) is 11.5 Å². The Bertz CT molecular complexity index is 1220. The van der Waals surface area contributed by atoms with Crippen molar-refractivity contribution in [3.63, 3.8) is 0 Å². The summed E-state index contributed by atoms with van der Waals surface area (Å²) in [4.78, 5) is 21.3. The van der Waals surface area contributed by atoms with E-state index in [9.17, 15) is 4.79 Å². The molecule has 0 bridgehead atoms. The maximum absolute atomic E-state index is 12.4. The van der Waals surface area contributed by atoms with E-state index in [1.165, 1.54) is 11.3 Å². The minimum Gasteiger partial charge on any atom is -0.497 e. The van der Waals surface area contributed by atoms with Gasteiger partial charge >= 0.3 is 0 Å². The van der Waals surface area contributed by atoms with Gasteiger partial charge in [-0.1, -0.05) is 16.8 Å². The van der Waals surface area contributed by atoms with Crippen LogP contribution in [0.1, 0.15) is 17.9 Å². The lowest BCUT2D eigenvalue weighted by Crippen LogP contribution is -2.12. The van der Waals surface area contributed by atoms with Crippen molar-refractivity contribution in [3.05, 3.63) is 59.3 Å². The Balaban J connectivity index is 1.35. The van der Waals surface area contributed by atoms with Gasteiger partial charge in [-0.05, 0) is 43.3 Å². The van der Waals surface area contributed by atoms with Gasteiger partial charge in [-0.2, -0.15) is 4.98 Å². The van der Waals surface area contributed by atoms with Crippen LogP contribution in [0.3, 0.4) is 0 Å². The number of aromatic nitrogens is 3. The first-order valence-electron chi connectivity index (χ1n) is 9.93. The summed E-state index contributed by atoms with van der Waals surface area (Å²) in [6.07, 6.45) is 0.534. The van der Waals surface area contributed by atoms with E-state index in [1.807, 2.05) is 54.8 Å². The van der Waals surface area contributed by atoms with Crippen LogP contribution in [0.25, 0.3) is 22.6 Å². The highest BCUT2D eigenvalue weighted by Gasteiger charge is 2.14. The summed E-state index contributed by atoms with van der Waals surface area (Å²) in [5.41, 5.74) is 3.56. The molecule has 0 radical (unpaired) electrons. The maximum atomic E-state index is 12.4. The second kappa shape index (κ2) is 9.61. The second-order valence-electron chi connectivity index (χ2n) is 7.03. The van der Waals surface area contributed by atoms with Gasteiger partial charge in [-0.3, -0.25) is 4.79 Å². The van der Waals surface area contributed by atoms with E-state index in [-0.39, 0.29) is 12.3 Å². The number of nitrogens with zero attached hydrogens (tertiary/aromatic N) is 3. The van der Waals surface area contributed by atoms with E-state index in [0.29, 0.717) is 23.3 Å². The number of carbonyl (C=O) groups is 1. The zero-order valence-electron chi connectivity index (χ0n) is 17.9. The Morgan fingerprint density at radius 2 is 1.91 bits per heavy atom. The Morgan fingerprint density at radius 3 is 2.66 bits per heavy atom. The Hall–Kier alpha value is -3.72. The molecule has 0 spiro atoms. The van der Waals surface area contributed by atoms with E-state index >= 15 is 0 Å². The molecule has 0 saturated carbocycles. The molecule has 0 aliphatic rings. The summed E-state index contributed by atoms with van der Waals surface area (Å²) < 4.78 is 15.8. The van der Waals surface area contributed by atoms with Crippen molar-refractivity contribution in [2.75, 3.05) is 19.5 Å². The minimum atomic E-state index is -0.175. The van der Waals surface area contributed by atoms with Crippen LogP contribution in [0.4, 0.5) is 5.13 Å². The van der Waals surface area contributed by atoms with Crippen LogP contribution >= 0.6 is 11.3 Å². The number of aryl methyl sites for hydroxylation is 2. The SMILES string of the molecule is COc1ccc(-c2noc(CCC(=O)Nc3nc(-c4cc(C)ccc4OC)cs3)n2)cc1. The van der Waals surface area contributed by atoms with Gasteiger partial charge in [0.05, 0.1) is 19.9 Å². The van der Waals surface area contributed by atoms with Crippen molar-refractivity contribution in [2.45, 2.75) is 19.8 Å². The fourth-order valence-corrected chi connectivity index (χ4v) is 3.82. The molecule has 9 heteroatoms. The highest BCUT2D eigenvalue weighted by atomic mass is 32.1. The van der Waals surface area contributed by atoms with Gasteiger partial charge in [-0.25, -0.2) is 4.98 Å². The fourth-order valence-electron chi connectivity index (χ4n) is 3.09. The van der Waals surface area contributed by atoms with Crippen LogP contribution in [0.2, 0.25) is 0 Å². The smallest absolute Gasteiger partial charge is 0.227 e. The Labute approximate surface area is 189 Å². The molecule has 0 fully saturated rings. The number of hydrogen-bond donors (Lipinski definition) is 1. The molecule has 4 aromatic rings. The quantitative estimate of drug-likeness (QED) is 0.413. The summed E-state index contributed by atoms with van der Waals surface area (Å²) in [6.45, 7) is 2.01. The number of ether oxygens (including phenoxy) is 2. The highest BCUT2D eigenvalue weighted by molar-refractivity contribution is 7.14. The number of nitrogens with one attached hydrogen (secondary N) is 1. The number of thiazole rings is 1. The number of hydrogen-bond acceptors (Lipinski definition) is 8. The van der Waals surface area contributed by atoms with E-state index in [4.69, 9.17) is 14.0 Å². The van der Waals surface area contributed by atoms with E-state index in [0.717, 1.165) is 33.9 Å². The molecule has 2 aromatic carbocycles. The van der Waals surface area contributed by atoms with Gasteiger partial charge in [0.15, 0.2) is 5.13 Å². The zero-order chi connectivity index (χ0) is 22.5. The monoisotopic (exact) mass is 450 g/mol. The average molecular weight is 451 g/mol. The Kier molecular flexibility index (Phi) is 6.46. The van der Waals surface area contributed by atoms with Gasteiger partial charge < -0.3 is 19.3 Å². The first kappa shape index (κ1) is 21.5. The van der Waals surface area contributed by atoms with Gasteiger partial charge in [0.2, 0.25) is 17.6 Å². The molecule has 0 unspecified atom stereocenters. The number of amides is 1. The second-order valence-corrected chi connectivity index (χ2v) is 7.89. The molecule has 0 atom stereocenters. The molecule has 2 aromatic heterocycles. The summed E-state index contributed by atoms with van der Waals surface area (Å²) in [7, 11) is 3.24. The van der Waals surface area contributed by atoms with Crippen LogP contribution < -0.4 is 14.8 Å². The Morgan fingerprint density at radius 1 is 1.09 bits per heavy atom. The number of rotatable bonds is 8. The van der Waals surface area contributed by atoms with Crippen molar-refractivity contribution in [1.29, 1.82) is 0 Å². The molecular weight excluding hydrogens is 428 g/mol. The van der Waals surface area contributed by atoms with E-state index in [1.54, 1.807) is 14.2 Å². The van der Waals surface area contributed by atoms with Gasteiger partial charge in [-0.15, -0.1) is 11.3 Å². The molecule has 2 heterocycles. The molecule has 8 nitrogen and oxygen atoms in total. The van der Waals surface area contributed by atoms with Crippen LogP contribution in [-0.2, 0) is 11.2 Å². The molecular formula is C23H22N4O4S. The van der Waals surface area contributed by atoms with E-state index in [2.05, 4.69) is 20.4 Å². The van der Waals surface area contributed by atoms with Gasteiger partial charge in [0, 0.05) is 29.3 Å². The third kappa shape index (κ3) is 4.94. The maximum Gasteiger partial charge on any atom is 0.227 e. The summed E-state index contributed by atoms with van der Waals surface area (Å²) >= 11 is 1.36. The number of carbonyl (C=O) groups excluding carboxylic acids is 1. The summed E-state index contributed by atoms with van der Waals surface area (Å²) in [5.74, 6) is 2.18. The number of methoxy groups -OCH3 is 2. The van der Waals surface area contributed by atoms with Crippen LogP contribution in [-0.4, -0.2) is 35.3 Å². The standard InChI is InChI=1S/C23H22N4O4S/c1-14-4-9-19(30-3)17(12-14)18-13-32-23(24-18)25-20(28)10-11-21-26-22(27-31-21)15-5-7-16(29-2)8-6-15/h4-9,12-13H,10-11H2,1-3H3,(H,24,25,28). The number of anilines is 1. The predicted octanol–water partition coefficient (Wildman–Crippen LogP) is 4.76. The molecule has 0 aliphatic heterocycles. The number of benzene rings is 2. The fraction of sp³-hybridized carbons (Fsp3) is 0.217. The van der Waals surface area contributed by atoms with Crippen LogP contribution in [0, 0.1) is 6.92 Å². The molecule has 164 valence electrons. The largest absolute Gasteiger partial charge is 0.497 e. The lowest BCUT2D eigenvalue weighted by atomic mass is 10.1. The molecule has 1 amide bonds. The van der Waals surface area contributed by atoms with Gasteiger partial charge in [0.25, 0.3) is 0 Å². The first-order valence-corrected chi connectivity index (χ1v) is 10.8. The third-order valence-electron chi connectivity index (χ3n) is 4.76. The topological polar surface area (TPSA) is 99.4 Å².